The molecule has 5 rings (SSSR count). The highest BCUT2D eigenvalue weighted by atomic mass is 16.2. The fourth-order valence-corrected chi connectivity index (χ4v) is 3.83. The maximum atomic E-state index is 13.0. The number of carbonyl (C=O) groups is 1. The van der Waals surface area contributed by atoms with E-state index in [4.69, 9.17) is 4.98 Å². The predicted molar refractivity (Wildman–Crippen MR) is 95.8 cm³/mol. The van der Waals surface area contributed by atoms with Crippen molar-refractivity contribution in [3.8, 4) is 0 Å². The van der Waals surface area contributed by atoms with Crippen LogP contribution in [-0.2, 0) is 17.8 Å². The van der Waals surface area contributed by atoms with E-state index in [1.807, 2.05) is 52.4 Å². The molecule has 3 aromatic rings. The Hall–Kier alpha value is -2.70. The van der Waals surface area contributed by atoms with E-state index in [0.717, 1.165) is 35.1 Å². The van der Waals surface area contributed by atoms with E-state index in [-0.39, 0.29) is 11.9 Å². The Morgan fingerprint density at radius 1 is 1.31 bits per heavy atom. The molecule has 26 heavy (non-hydrogen) atoms. The summed E-state index contributed by atoms with van der Waals surface area (Å²) in [5.74, 6) is 2.52. The molecule has 0 unspecified atom stereocenters. The predicted octanol–water partition coefficient (Wildman–Crippen LogP) is 2.26. The van der Waals surface area contributed by atoms with Crippen molar-refractivity contribution in [3.63, 3.8) is 0 Å². The van der Waals surface area contributed by atoms with Gasteiger partial charge in [0.05, 0.1) is 24.7 Å². The minimum atomic E-state index is -0.0443. The van der Waals surface area contributed by atoms with Crippen LogP contribution in [0.4, 0.5) is 0 Å². The maximum absolute atomic E-state index is 13.0. The number of aromatic nitrogens is 5. The van der Waals surface area contributed by atoms with E-state index >= 15 is 0 Å². The van der Waals surface area contributed by atoms with Crippen LogP contribution >= 0.6 is 0 Å². The van der Waals surface area contributed by atoms with Crippen molar-refractivity contribution in [1.82, 2.24) is 29.0 Å². The molecule has 7 nitrogen and oxygen atoms in total. The van der Waals surface area contributed by atoms with Gasteiger partial charge in [-0.2, -0.15) is 5.10 Å². The lowest BCUT2D eigenvalue weighted by Gasteiger charge is -2.33. The summed E-state index contributed by atoms with van der Waals surface area (Å²) in [5.41, 5.74) is 2.95. The van der Waals surface area contributed by atoms with Crippen molar-refractivity contribution in [2.24, 2.45) is 0 Å². The van der Waals surface area contributed by atoms with Crippen LogP contribution in [0.25, 0.3) is 5.65 Å². The van der Waals surface area contributed by atoms with Crippen molar-refractivity contribution >= 4 is 11.6 Å². The summed E-state index contributed by atoms with van der Waals surface area (Å²) in [5, 5.41) is 4.64. The number of rotatable bonds is 3. The third-order valence-corrected chi connectivity index (χ3v) is 5.51. The summed E-state index contributed by atoms with van der Waals surface area (Å²) in [7, 11) is 0. The Bertz CT molecular complexity index is 999. The molecule has 0 saturated heterocycles. The van der Waals surface area contributed by atoms with Gasteiger partial charge in [0.15, 0.2) is 5.82 Å². The topological polar surface area (TPSA) is 68.3 Å². The van der Waals surface area contributed by atoms with Crippen molar-refractivity contribution in [2.45, 2.75) is 51.6 Å². The van der Waals surface area contributed by atoms with E-state index < -0.39 is 0 Å². The molecule has 1 saturated carbocycles. The van der Waals surface area contributed by atoms with Crippen LogP contribution in [0.2, 0.25) is 0 Å². The average Bonchev–Trinajstić information content (AvgIpc) is 3.25. The molecule has 1 atom stereocenters. The first-order chi connectivity index (χ1) is 12.6. The summed E-state index contributed by atoms with van der Waals surface area (Å²) in [6.45, 7) is 5.48. The highest BCUT2D eigenvalue weighted by molar-refractivity contribution is 5.79. The Morgan fingerprint density at radius 3 is 2.96 bits per heavy atom. The van der Waals surface area contributed by atoms with Crippen LogP contribution in [-0.4, -0.2) is 41.5 Å². The SMILES string of the molecule is Cc1cccn2c(CC(=O)N3CCn4nc(C5CC5)nc4[C@H]3C)cnc12. The molecule has 4 heterocycles. The maximum Gasteiger partial charge on any atom is 0.229 e. The van der Waals surface area contributed by atoms with Crippen LogP contribution in [0.15, 0.2) is 24.5 Å². The molecule has 0 aromatic carbocycles. The second kappa shape index (κ2) is 5.65. The number of aryl methyl sites for hydroxylation is 1. The number of amides is 1. The smallest absolute Gasteiger partial charge is 0.229 e. The second-order valence-corrected chi connectivity index (χ2v) is 7.40. The van der Waals surface area contributed by atoms with Crippen LogP contribution in [0.5, 0.6) is 0 Å². The summed E-state index contributed by atoms with van der Waals surface area (Å²) in [6, 6.07) is 3.98. The summed E-state index contributed by atoms with van der Waals surface area (Å²) >= 11 is 0. The Kier molecular flexibility index (Phi) is 3.38. The van der Waals surface area contributed by atoms with Gasteiger partial charge >= 0.3 is 0 Å². The lowest BCUT2D eigenvalue weighted by atomic mass is 10.1. The van der Waals surface area contributed by atoms with Crippen LogP contribution < -0.4 is 0 Å². The molecular formula is C19H22N6O. The number of imidazole rings is 1. The van der Waals surface area contributed by atoms with Gasteiger partial charge in [-0.25, -0.2) is 14.6 Å². The van der Waals surface area contributed by atoms with Gasteiger partial charge in [-0.1, -0.05) is 6.07 Å². The zero-order valence-electron chi connectivity index (χ0n) is 15.1. The number of nitrogens with zero attached hydrogens (tertiary/aromatic N) is 6. The number of fused-ring (bicyclic) bond motifs is 2. The average molecular weight is 350 g/mol. The van der Waals surface area contributed by atoms with Gasteiger partial charge < -0.3 is 9.30 Å². The standard InChI is InChI=1S/C19H22N6O/c1-12-4-3-7-24-15(11-20-18(12)24)10-16(26)23-8-9-25-19(13(23)2)21-17(22-25)14-5-6-14/h3-4,7,11,13-14H,5-6,8-10H2,1-2H3/t13-/m1/s1. The Labute approximate surface area is 151 Å². The monoisotopic (exact) mass is 350 g/mol. The normalized spacial score (nSPS) is 19.8. The molecule has 1 fully saturated rings. The van der Waals surface area contributed by atoms with Crippen LogP contribution in [0, 0.1) is 6.92 Å². The van der Waals surface area contributed by atoms with Crippen molar-refractivity contribution in [2.75, 3.05) is 6.54 Å². The van der Waals surface area contributed by atoms with Gasteiger partial charge in [-0.3, -0.25) is 4.79 Å². The molecule has 7 heteroatoms. The summed E-state index contributed by atoms with van der Waals surface area (Å²) < 4.78 is 4.00. The molecule has 1 aliphatic heterocycles. The fourth-order valence-electron chi connectivity index (χ4n) is 3.83. The minimum Gasteiger partial charge on any atom is -0.331 e. The molecule has 3 aromatic heterocycles. The molecule has 1 aliphatic carbocycles. The number of carbonyl (C=O) groups excluding carboxylic acids is 1. The number of pyridine rings is 1. The highest BCUT2D eigenvalue weighted by Gasteiger charge is 2.34. The van der Waals surface area contributed by atoms with Gasteiger partial charge in [-0.15, -0.1) is 0 Å². The molecule has 0 spiro atoms. The Morgan fingerprint density at radius 2 is 2.15 bits per heavy atom. The quantitative estimate of drug-likeness (QED) is 0.727. The highest BCUT2D eigenvalue weighted by Crippen LogP contribution is 2.39. The zero-order valence-corrected chi connectivity index (χ0v) is 15.1. The summed E-state index contributed by atoms with van der Waals surface area (Å²) in [6.07, 6.45) is 6.50. The second-order valence-electron chi connectivity index (χ2n) is 7.40. The van der Waals surface area contributed by atoms with Gasteiger partial charge in [-0.05, 0) is 38.3 Å². The van der Waals surface area contributed by atoms with Crippen molar-refractivity contribution < 1.29 is 4.79 Å². The van der Waals surface area contributed by atoms with E-state index in [9.17, 15) is 4.79 Å². The molecule has 1 amide bonds. The minimum absolute atomic E-state index is 0.0443. The molecule has 134 valence electrons. The lowest BCUT2D eigenvalue weighted by Crippen LogP contribution is -2.42. The number of hydrogen-bond acceptors (Lipinski definition) is 4. The molecule has 0 N–H and O–H groups in total. The van der Waals surface area contributed by atoms with E-state index in [0.29, 0.717) is 18.9 Å². The van der Waals surface area contributed by atoms with Crippen molar-refractivity contribution in [1.29, 1.82) is 0 Å². The van der Waals surface area contributed by atoms with E-state index in [1.165, 1.54) is 12.8 Å². The molecule has 2 aliphatic rings. The Balaban J connectivity index is 1.39. The zero-order chi connectivity index (χ0) is 17.8. The van der Waals surface area contributed by atoms with Crippen LogP contribution in [0.3, 0.4) is 0 Å². The molecule has 0 bridgehead atoms. The summed E-state index contributed by atoms with van der Waals surface area (Å²) in [4.78, 5) is 24.1. The van der Waals surface area contributed by atoms with Gasteiger partial charge in [0.1, 0.15) is 11.5 Å². The fraction of sp³-hybridized carbons (Fsp3) is 0.474. The largest absolute Gasteiger partial charge is 0.331 e. The third-order valence-electron chi connectivity index (χ3n) is 5.51. The molecule has 0 radical (unpaired) electrons. The third kappa shape index (κ3) is 2.41. The number of hydrogen-bond donors (Lipinski definition) is 0. The lowest BCUT2D eigenvalue weighted by molar-refractivity contribution is -0.133. The molecular weight excluding hydrogens is 328 g/mol. The van der Waals surface area contributed by atoms with Crippen LogP contribution in [0.1, 0.15) is 54.6 Å². The van der Waals surface area contributed by atoms with Gasteiger partial charge in [0.2, 0.25) is 5.91 Å². The van der Waals surface area contributed by atoms with E-state index in [1.54, 1.807) is 0 Å². The van der Waals surface area contributed by atoms with Gasteiger partial charge in [0.25, 0.3) is 0 Å². The van der Waals surface area contributed by atoms with E-state index in [2.05, 4.69) is 10.1 Å². The van der Waals surface area contributed by atoms with Gasteiger partial charge in [0, 0.05) is 24.9 Å². The first kappa shape index (κ1) is 15.5. The first-order valence-electron chi connectivity index (χ1n) is 9.27. The van der Waals surface area contributed by atoms with Crippen molar-refractivity contribution in [3.05, 3.63) is 47.4 Å². The first-order valence-corrected chi connectivity index (χ1v) is 9.27.